The van der Waals surface area contributed by atoms with E-state index in [0.29, 0.717) is 5.56 Å². The minimum Gasteiger partial charge on any atom is -0.469 e. The highest BCUT2D eigenvalue weighted by atomic mass is 16.6. The van der Waals surface area contributed by atoms with E-state index in [1.807, 2.05) is 0 Å². The Labute approximate surface area is 133 Å². The number of methoxy groups -OCH3 is 1. The number of carbonyl (C=O) groups is 3. The highest BCUT2D eigenvalue weighted by Gasteiger charge is 2.51. The fraction of sp³-hybridized carbons (Fsp3) is 0.353. The van der Waals surface area contributed by atoms with E-state index in [4.69, 9.17) is 14.2 Å². The molecule has 4 atom stereocenters. The summed E-state index contributed by atoms with van der Waals surface area (Å²) in [5.74, 6) is -3.37. The van der Waals surface area contributed by atoms with Gasteiger partial charge in [-0.1, -0.05) is 24.3 Å². The van der Waals surface area contributed by atoms with Gasteiger partial charge in [0.1, 0.15) is 12.0 Å². The van der Waals surface area contributed by atoms with Crippen LogP contribution in [-0.2, 0) is 23.8 Å². The third kappa shape index (κ3) is 2.84. The van der Waals surface area contributed by atoms with Gasteiger partial charge in [-0.05, 0) is 18.2 Å². The Bertz CT molecular complexity index is 650. The third-order valence-corrected chi connectivity index (χ3v) is 4.17. The van der Waals surface area contributed by atoms with E-state index in [2.05, 4.69) is 0 Å². The standard InChI is InChI=1S/C17H16O6/c1-21-16(19)14-12(8-7-11-9-22-17(20)13(11)14)23-15(18)10-5-3-2-4-6-10/h2-8,11-14H,9H2,1H3/t11-,12-,13-,14+/m1/s1. The summed E-state index contributed by atoms with van der Waals surface area (Å²) in [6, 6.07) is 8.46. The van der Waals surface area contributed by atoms with E-state index in [0.717, 1.165) is 0 Å². The molecule has 1 aromatic rings. The lowest BCUT2D eigenvalue weighted by Crippen LogP contribution is -2.43. The molecule has 6 nitrogen and oxygen atoms in total. The summed E-state index contributed by atoms with van der Waals surface area (Å²) in [7, 11) is 1.24. The molecule has 0 spiro atoms. The molecule has 0 saturated carbocycles. The number of ether oxygens (including phenoxy) is 3. The average Bonchev–Trinajstić information content (AvgIpc) is 2.96. The van der Waals surface area contributed by atoms with Crippen molar-refractivity contribution in [1.82, 2.24) is 0 Å². The zero-order chi connectivity index (χ0) is 16.4. The van der Waals surface area contributed by atoms with Crippen LogP contribution in [0.15, 0.2) is 42.5 Å². The molecule has 0 radical (unpaired) electrons. The third-order valence-electron chi connectivity index (χ3n) is 4.17. The van der Waals surface area contributed by atoms with Crippen molar-refractivity contribution in [2.75, 3.05) is 13.7 Å². The molecule has 1 fully saturated rings. The minimum atomic E-state index is -0.891. The van der Waals surface area contributed by atoms with E-state index < -0.39 is 35.8 Å². The minimum absolute atomic E-state index is 0.196. The Hall–Kier alpha value is -2.63. The lowest BCUT2D eigenvalue weighted by molar-refractivity contribution is -0.158. The van der Waals surface area contributed by atoms with Gasteiger partial charge in [0.15, 0.2) is 0 Å². The summed E-state index contributed by atoms with van der Waals surface area (Å²) >= 11 is 0. The normalized spacial score (nSPS) is 28.7. The fourth-order valence-electron chi connectivity index (χ4n) is 3.01. The van der Waals surface area contributed by atoms with Gasteiger partial charge in [0.05, 0.1) is 25.2 Å². The number of cyclic esters (lactones) is 1. The quantitative estimate of drug-likeness (QED) is 0.476. The van der Waals surface area contributed by atoms with Crippen LogP contribution in [0.5, 0.6) is 0 Å². The summed E-state index contributed by atoms with van der Waals surface area (Å²) in [6.45, 7) is 0.229. The first-order valence-corrected chi connectivity index (χ1v) is 7.30. The Morgan fingerprint density at radius 2 is 1.91 bits per heavy atom. The predicted molar refractivity (Wildman–Crippen MR) is 78.2 cm³/mol. The molecule has 120 valence electrons. The van der Waals surface area contributed by atoms with Gasteiger partial charge in [-0.15, -0.1) is 0 Å². The van der Waals surface area contributed by atoms with Gasteiger partial charge < -0.3 is 14.2 Å². The lowest BCUT2D eigenvalue weighted by atomic mass is 9.76. The van der Waals surface area contributed by atoms with Crippen molar-refractivity contribution in [3.63, 3.8) is 0 Å². The summed E-state index contributed by atoms with van der Waals surface area (Å²) in [5.41, 5.74) is 0.376. The van der Waals surface area contributed by atoms with Crippen LogP contribution in [0, 0.1) is 17.8 Å². The maximum atomic E-state index is 12.2. The number of esters is 3. The number of benzene rings is 1. The van der Waals surface area contributed by atoms with Crippen molar-refractivity contribution in [2.45, 2.75) is 6.10 Å². The zero-order valence-electron chi connectivity index (χ0n) is 12.5. The van der Waals surface area contributed by atoms with Crippen LogP contribution >= 0.6 is 0 Å². The highest BCUT2D eigenvalue weighted by molar-refractivity contribution is 5.90. The monoisotopic (exact) mass is 316 g/mol. The van der Waals surface area contributed by atoms with Crippen LogP contribution in [-0.4, -0.2) is 37.7 Å². The van der Waals surface area contributed by atoms with Gasteiger partial charge in [0.25, 0.3) is 0 Å². The van der Waals surface area contributed by atoms with Crippen LogP contribution in [0.25, 0.3) is 0 Å². The van der Waals surface area contributed by atoms with E-state index in [-0.39, 0.29) is 12.5 Å². The topological polar surface area (TPSA) is 78.9 Å². The Morgan fingerprint density at radius 3 is 2.61 bits per heavy atom. The Balaban J connectivity index is 1.85. The first kappa shape index (κ1) is 15.3. The van der Waals surface area contributed by atoms with Crippen LogP contribution in [0.1, 0.15) is 10.4 Å². The van der Waals surface area contributed by atoms with Crippen LogP contribution in [0.3, 0.4) is 0 Å². The van der Waals surface area contributed by atoms with E-state index in [9.17, 15) is 14.4 Å². The smallest absolute Gasteiger partial charge is 0.338 e. The summed E-state index contributed by atoms with van der Waals surface area (Å²) in [5, 5.41) is 0. The van der Waals surface area contributed by atoms with Crippen molar-refractivity contribution < 1.29 is 28.6 Å². The number of hydrogen-bond donors (Lipinski definition) is 0. The van der Waals surface area contributed by atoms with Crippen LogP contribution in [0.2, 0.25) is 0 Å². The largest absolute Gasteiger partial charge is 0.469 e. The first-order valence-electron chi connectivity index (χ1n) is 7.30. The Morgan fingerprint density at radius 1 is 1.17 bits per heavy atom. The van der Waals surface area contributed by atoms with Crippen molar-refractivity contribution in [1.29, 1.82) is 0 Å². The second kappa shape index (κ2) is 6.24. The zero-order valence-corrected chi connectivity index (χ0v) is 12.5. The molecule has 1 heterocycles. The van der Waals surface area contributed by atoms with E-state index in [1.165, 1.54) is 7.11 Å². The summed E-state index contributed by atoms with van der Waals surface area (Å²) < 4.78 is 15.3. The maximum absolute atomic E-state index is 12.2. The molecular formula is C17H16O6. The van der Waals surface area contributed by atoms with Crippen molar-refractivity contribution in [3.05, 3.63) is 48.0 Å². The molecule has 1 aliphatic carbocycles. The summed E-state index contributed by atoms with van der Waals surface area (Å²) in [4.78, 5) is 36.3. The molecule has 23 heavy (non-hydrogen) atoms. The highest BCUT2D eigenvalue weighted by Crippen LogP contribution is 2.38. The second-order valence-electron chi connectivity index (χ2n) is 5.49. The van der Waals surface area contributed by atoms with Crippen molar-refractivity contribution in [3.8, 4) is 0 Å². The van der Waals surface area contributed by atoms with Crippen molar-refractivity contribution >= 4 is 17.9 Å². The molecule has 6 heteroatoms. The van der Waals surface area contributed by atoms with Crippen LogP contribution < -0.4 is 0 Å². The molecule has 1 aliphatic heterocycles. The predicted octanol–water partition coefficient (Wildman–Crippen LogP) is 1.36. The molecule has 0 amide bonds. The molecule has 0 aromatic heterocycles. The summed E-state index contributed by atoms with van der Waals surface area (Å²) in [6.07, 6.45) is 2.53. The van der Waals surface area contributed by atoms with Crippen molar-refractivity contribution in [2.24, 2.45) is 17.8 Å². The van der Waals surface area contributed by atoms with Gasteiger partial charge in [0, 0.05) is 5.92 Å². The van der Waals surface area contributed by atoms with Gasteiger partial charge in [0.2, 0.25) is 0 Å². The van der Waals surface area contributed by atoms with Gasteiger partial charge in [-0.2, -0.15) is 0 Å². The van der Waals surface area contributed by atoms with Crippen LogP contribution in [0.4, 0.5) is 0 Å². The molecule has 1 aromatic carbocycles. The van der Waals surface area contributed by atoms with E-state index >= 15 is 0 Å². The average molecular weight is 316 g/mol. The molecule has 2 aliphatic rings. The first-order chi connectivity index (χ1) is 11.1. The maximum Gasteiger partial charge on any atom is 0.338 e. The van der Waals surface area contributed by atoms with E-state index in [1.54, 1.807) is 42.5 Å². The number of carbonyl (C=O) groups excluding carboxylic acids is 3. The number of rotatable bonds is 3. The lowest BCUT2D eigenvalue weighted by Gasteiger charge is -2.31. The molecule has 3 rings (SSSR count). The molecule has 0 unspecified atom stereocenters. The Kier molecular flexibility index (Phi) is 4.14. The SMILES string of the molecule is COC(=O)[C@@H]1[C@@H]2C(=O)OC[C@H]2C=C[C@H]1OC(=O)c1ccccc1. The fourth-order valence-corrected chi connectivity index (χ4v) is 3.01. The molecular weight excluding hydrogens is 300 g/mol. The van der Waals surface area contributed by atoms with Gasteiger partial charge >= 0.3 is 17.9 Å². The van der Waals surface area contributed by atoms with Gasteiger partial charge in [-0.3, -0.25) is 9.59 Å². The molecule has 0 bridgehead atoms. The molecule has 1 saturated heterocycles. The van der Waals surface area contributed by atoms with Gasteiger partial charge in [-0.25, -0.2) is 4.79 Å². The number of hydrogen-bond acceptors (Lipinski definition) is 6. The number of fused-ring (bicyclic) bond motifs is 1. The second-order valence-corrected chi connectivity index (χ2v) is 5.49. The molecule has 0 N–H and O–H groups in total.